The first-order valence-corrected chi connectivity index (χ1v) is 9.90. The third kappa shape index (κ3) is 4.69. The fraction of sp³-hybridized carbons (Fsp3) is 0.167. The van der Waals surface area contributed by atoms with E-state index in [1.54, 1.807) is 35.6 Å². The maximum Gasteiger partial charge on any atom is 0.312 e. The van der Waals surface area contributed by atoms with Gasteiger partial charge in [-0.2, -0.15) is 0 Å². The summed E-state index contributed by atoms with van der Waals surface area (Å²) in [6.45, 7) is 1.52. The number of ether oxygens (including phenoxy) is 1. The first-order valence-electron chi connectivity index (χ1n) is 7.76. The van der Waals surface area contributed by atoms with Gasteiger partial charge in [-0.15, -0.1) is 22.7 Å². The Hall–Kier alpha value is -2.22. The first kappa shape index (κ1) is 18.6. The van der Waals surface area contributed by atoms with Gasteiger partial charge in [0.1, 0.15) is 5.01 Å². The lowest BCUT2D eigenvalue weighted by atomic mass is 10.3. The van der Waals surface area contributed by atoms with Crippen LogP contribution < -0.4 is 5.32 Å². The summed E-state index contributed by atoms with van der Waals surface area (Å²) in [6, 6.07) is 10.8. The van der Waals surface area contributed by atoms with Crippen LogP contribution in [0.4, 0.5) is 5.69 Å². The molecule has 2 aromatic heterocycles. The number of halogens is 1. The molecule has 3 aromatic rings. The van der Waals surface area contributed by atoms with Crippen LogP contribution in [0.15, 0.2) is 47.2 Å². The summed E-state index contributed by atoms with van der Waals surface area (Å²) in [6.07, 6.45) is -0.917. The lowest BCUT2D eigenvalue weighted by Gasteiger charge is -2.13. The minimum Gasteiger partial charge on any atom is -0.452 e. The van der Waals surface area contributed by atoms with E-state index in [2.05, 4.69) is 10.3 Å². The van der Waals surface area contributed by atoms with Gasteiger partial charge < -0.3 is 10.1 Å². The average Bonchev–Trinajstić information content (AvgIpc) is 3.28. The van der Waals surface area contributed by atoms with E-state index >= 15 is 0 Å². The van der Waals surface area contributed by atoms with Crippen LogP contribution >= 0.6 is 34.3 Å². The SMILES string of the molecule is C[C@@H](OC(=O)Cc1csc(-c2cccs2)n1)C(=O)Nc1ccccc1Cl. The van der Waals surface area contributed by atoms with E-state index in [0.717, 1.165) is 9.88 Å². The molecule has 3 rings (SSSR count). The topological polar surface area (TPSA) is 68.3 Å². The van der Waals surface area contributed by atoms with Crippen molar-refractivity contribution in [2.45, 2.75) is 19.4 Å². The van der Waals surface area contributed by atoms with Crippen molar-refractivity contribution in [1.29, 1.82) is 0 Å². The normalized spacial score (nSPS) is 11.8. The van der Waals surface area contributed by atoms with E-state index in [4.69, 9.17) is 16.3 Å². The van der Waals surface area contributed by atoms with E-state index in [-0.39, 0.29) is 6.42 Å². The molecule has 0 saturated carbocycles. The molecule has 8 heteroatoms. The smallest absolute Gasteiger partial charge is 0.312 e. The molecule has 1 atom stereocenters. The predicted octanol–water partition coefficient (Wildman–Crippen LogP) is 4.64. The van der Waals surface area contributed by atoms with E-state index in [1.807, 2.05) is 22.9 Å². The number of aromatic nitrogens is 1. The van der Waals surface area contributed by atoms with Crippen molar-refractivity contribution in [1.82, 2.24) is 4.98 Å². The zero-order chi connectivity index (χ0) is 18.5. The number of amides is 1. The van der Waals surface area contributed by atoms with Crippen LogP contribution in [0.2, 0.25) is 5.02 Å². The second kappa shape index (κ2) is 8.44. The molecule has 0 aliphatic rings. The second-order valence-corrected chi connectivity index (χ2v) is 7.61. The minimum absolute atomic E-state index is 0.0194. The fourth-order valence-corrected chi connectivity index (χ4v) is 3.96. The van der Waals surface area contributed by atoms with Gasteiger partial charge in [-0.25, -0.2) is 4.98 Å². The lowest BCUT2D eigenvalue weighted by molar-refractivity contribution is -0.152. The number of carbonyl (C=O) groups is 2. The van der Waals surface area contributed by atoms with E-state index in [9.17, 15) is 9.59 Å². The molecule has 0 radical (unpaired) electrons. The third-order valence-corrected chi connectivity index (χ3v) is 5.68. The highest BCUT2D eigenvalue weighted by Crippen LogP contribution is 2.28. The van der Waals surface area contributed by atoms with Crippen LogP contribution in [0.25, 0.3) is 9.88 Å². The van der Waals surface area contributed by atoms with Crippen LogP contribution in [-0.2, 0) is 20.7 Å². The molecule has 0 aliphatic heterocycles. The number of thiazole rings is 1. The predicted molar refractivity (Wildman–Crippen MR) is 105 cm³/mol. The van der Waals surface area contributed by atoms with Gasteiger partial charge in [0, 0.05) is 5.38 Å². The van der Waals surface area contributed by atoms with Crippen molar-refractivity contribution in [2.24, 2.45) is 0 Å². The van der Waals surface area contributed by atoms with Gasteiger partial charge in [0.25, 0.3) is 5.91 Å². The van der Waals surface area contributed by atoms with Crippen molar-refractivity contribution in [2.75, 3.05) is 5.32 Å². The van der Waals surface area contributed by atoms with Gasteiger partial charge in [-0.3, -0.25) is 9.59 Å². The van der Waals surface area contributed by atoms with Gasteiger partial charge in [-0.1, -0.05) is 29.8 Å². The highest BCUT2D eigenvalue weighted by Gasteiger charge is 2.20. The number of rotatable bonds is 6. The van der Waals surface area contributed by atoms with Gasteiger partial charge in [0.2, 0.25) is 0 Å². The van der Waals surface area contributed by atoms with Crippen LogP contribution in [0.3, 0.4) is 0 Å². The Morgan fingerprint density at radius 1 is 1.23 bits per heavy atom. The molecule has 134 valence electrons. The van der Waals surface area contributed by atoms with Gasteiger partial charge in [0.15, 0.2) is 6.10 Å². The highest BCUT2D eigenvalue weighted by atomic mass is 35.5. The summed E-state index contributed by atoms with van der Waals surface area (Å²) in [5.41, 5.74) is 1.10. The summed E-state index contributed by atoms with van der Waals surface area (Å²) in [5.74, 6) is -0.946. The molecule has 5 nitrogen and oxygen atoms in total. The molecular formula is C18H15ClN2O3S2. The zero-order valence-corrected chi connectivity index (χ0v) is 16.2. The zero-order valence-electron chi connectivity index (χ0n) is 13.8. The van der Waals surface area contributed by atoms with Crippen molar-refractivity contribution in [3.63, 3.8) is 0 Å². The van der Waals surface area contributed by atoms with Crippen LogP contribution in [-0.4, -0.2) is 23.0 Å². The number of thiophene rings is 1. The Morgan fingerprint density at radius 3 is 2.77 bits per heavy atom. The molecule has 0 unspecified atom stereocenters. The van der Waals surface area contributed by atoms with E-state index in [1.165, 1.54) is 18.3 Å². The Balaban J connectivity index is 1.54. The van der Waals surface area contributed by atoms with Crippen LogP contribution in [0.5, 0.6) is 0 Å². The summed E-state index contributed by atoms with van der Waals surface area (Å²) in [7, 11) is 0. The number of para-hydroxylation sites is 1. The molecule has 26 heavy (non-hydrogen) atoms. The Morgan fingerprint density at radius 2 is 2.04 bits per heavy atom. The third-order valence-electron chi connectivity index (χ3n) is 3.42. The number of hydrogen-bond donors (Lipinski definition) is 1. The molecule has 0 bridgehead atoms. The molecule has 1 aromatic carbocycles. The van der Waals surface area contributed by atoms with E-state index < -0.39 is 18.0 Å². The molecular weight excluding hydrogens is 392 g/mol. The molecule has 0 fully saturated rings. The van der Waals surface area contributed by atoms with Crippen molar-refractivity contribution >= 4 is 51.8 Å². The lowest BCUT2D eigenvalue weighted by Crippen LogP contribution is -2.30. The number of benzene rings is 1. The van der Waals surface area contributed by atoms with Crippen LogP contribution in [0.1, 0.15) is 12.6 Å². The number of esters is 1. The Labute approximate surface area is 163 Å². The molecule has 0 aliphatic carbocycles. The number of carbonyl (C=O) groups excluding carboxylic acids is 2. The van der Waals surface area contributed by atoms with Crippen molar-refractivity contribution < 1.29 is 14.3 Å². The summed E-state index contributed by atoms with van der Waals surface area (Å²) < 4.78 is 5.20. The Bertz CT molecular complexity index is 909. The maximum atomic E-state index is 12.2. The maximum absolute atomic E-state index is 12.2. The minimum atomic E-state index is -0.936. The quantitative estimate of drug-likeness (QED) is 0.605. The fourth-order valence-electron chi connectivity index (χ4n) is 2.14. The standard InChI is InChI=1S/C18H15ClN2O3S2/c1-11(17(23)21-14-6-3-2-5-13(14)19)24-16(22)9-12-10-26-18(20-12)15-7-4-8-25-15/h2-8,10-11H,9H2,1H3,(H,21,23)/t11-/m1/s1. The summed E-state index contributed by atoms with van der Waals surface area (Å²) >= 11 is 9.07. The first-order chi connectivity index (χ1) is 12.5. The van der Waals surface area contributed by atoms with Crippen LogP contribution in [0, 0.1) is 0 Å². The van der Waals surface area contributed by atoms with Crippen molar-refractivity contribution in [3.8, 4) is 9.88 Å². The van der Waals surface area contributed by atoms with Crippen molar-refractivity contribution in [3.05, 3.63) is 57.9 Å². The monoisotopic (exact) mass is 406 g/mol. The largest absolute Gasteiger partial charge is 0.452 e. The van der Waals surface area contributed by atoms with E-state index in [0.29, 0.717) is 16.4 Å². The van der Waals surface area contributed by atoms with Gasteiger partial charge in [0.05, 0.1) is 27.7 Å². The summed E-state index contributed by atoms with van der Waals surface area (Å²) in [5, 5.41) is 7.73. The molecule has 0 spiro atoms. The number of nitrogens with one attached hydrogen (secondary N) is 1. The highest BCUT2D eigenvalue weighted by molar-refractivity contribution is 7.20. The van der Waals surface area contributed by atoms with Gasteiger partial charge in [-0.05, 0) is 30.5 Å². The number of hydrogen-bond acceptors (Lipinski definition) is 6. The average molecular weight is 407 g/mol. The van der Waals surface area contributed by atoms with Gasteiger partial charge >= 0.3 is 5.97 Å². The number of nitrogens with zero attached hydrogens (tertiary/aromatic N) is 1. The molecule has 1 N–H and O–H groups in total. The molecule has 2 heterocycles. The number of anilines is 1. The summed E-state index contributed by atoms with van der Waals surface area (Å²) in [4.78, 5) is 29.7. The molecule has 1 amide bonds. The second-order valence-electron chi connectivity index (χ2n) is 5.40. The molecule has 0 saturated heterocycles. The Kier molecular flexibility index (Phi) is 6.03.